The molecule has 5 heteroatoms. The lowest BCUT2D eigenvalue weighted by Gasteiger charge is -2.31. The molecule has 0 unspecified atom stereocenters. The van der Waals surface area contributed by atoms with Crippen LogP contribution in [0.3, 0.4) is 0 Å². The van der Waals surface area contributed by atoms with Crippen LogP contribution < -0.4 is 5.32 Å². The van der Waals surface area contributed by atoms with Crippen molar-refractivity contribution in [3.8, 4) is 0 Å². The Kier molecular flexibility index (Phi) is 3.48. The average Bonchev–Trinajstić information content (AvgIpc) is 2.07. The molecule has 1 fully saturated rings. The van der Waals surface area contributed by atoms with Crippen molar-refractivity contribution in [1.29, 1.82) is 0 Å². The fourth-order valence-electron chi connectivity index (χ4n) is 1.76. The number of aliphatic hydroxyl groups is 1. The Morgan fingerprint density at radius 1 is 1.54 bits per heavy atom. The van der Waals surface area contributed by atoms with Crippen molar-refractivity contribution in [2.75, 3.05) is 6.61 Å². The monoisotopic (exact) mass is 191 g/mol. The van der Waals surface area contributed by atoms with Crippen LogP contribution in [0.25, 0.3) is 0 Å². The summed E-state index contributed by atoms with van der Waals surface area (Å²) >= 11 is 0. The molecule has 1 aliphatic rings. The quantitative estimate of drug-likeness (QED) is 0.603. The lowest BCUT2D eigenvalue weighted by molar-refractivity contribution is 0.101. The van der Waals surface area contributed by atoms with E-state index in [0.717, 1.165) is 0 Å². The number of aliphatic hydroxyl groups excluding tert-OH is 1. The summed E-state index contributed by atoms with van der Waals surface area (Å²) in [6.07, 6.45) is -0.911. The first-order valence-corrected chi connectivity index (χ1v) is 4.38. The minimum atomic E-state index is -1.11. The second-order valence-electron chi connectivity index (χ2n) is 3.41. The van der Waals surface area contributed by atoms with Gasteiger partial charge in [-0.05, 0) is 19.3 Å². The van der Waals surface area contributed by atoms with E-state index in [1.807, 2.05) is 0 Å². The third-order valence-electron chi connectivity index (χ3n) is 2.46. The molecular weight excluding hydrogens is 177 g/mol. The van der Waals surface area contributed by atoms with Crippen molar-refractivity contribution < 1.29 is 19.4 Å². The molecule has 1 amide bonds. The van der Waals surface area contributed by atoms with E-state index in [1.54, 1.807) is 0 Å². The standard InChI is InChI=1S/C8H14FNO3/c9-6-1-2-7(10-8(12)13)5(3-6)4-11/h5-7,10-11H,1-4H2,(H,12,13)/t5-,6+,7+/m1/s1. The van der Waals surface area contributed by atoms with Crippen LogP contribution in [0.15, 0.2) is 0 Å². The Labute approximate surface area is 75.8 Å². The van der Waals surface area contributed by atoms with Gasteiger partial charge in [0.2, 0.25) is 0 Å². The SMILES string of the molecule is O=C(O)N[C@H]1CC[C@H](F)C[C@@H]1CO. The van der Waals surface area contributed by atoms with E-state index in [1.165, 1.54) is 0 Å². The van der Waals surface area contributed by atoms with Gasteiger partial charge in [0, 0.05) is 18.6 Å². The van der Waals surface area contributed by atoms with E-state index in [9.17, 15) is 9.18 Å². The van der Waals surface area contributed by atoms with Gasteiger partial charge in [-0.15, -0.1) is 0 Å². The highest BCUT2D eigenvalue weighted by Gasteiger charge is 2.30. The van der Waals surface area contributed by atoms with Gasteiger partial charge < -0.3 is 15.5 Å². The lowest BCUT2D eigenvalue weighted by atomic mass is 9.84. The highest BCUT2D eigenvalue weighted by molar-refractivity contribution is 5.64. The molecule has 4 nitrogen and oxygen atoms in total. The molecule has 0 radical (unpaired) electrons. The number of carboxylic acid groups (broad SMARTS) is 1. The van der Waals surface area contributed by atoms with E-state index in [-0.39, 0.29) is 25.0 Å². The number of hydrogen-bond donors (Lipinski definition) is 3. The molecule has 0 heterocycles. The van der Waals surface area contributed by atoms with Gasteiger partial charge in [0.15, 0.2) is 0 Å². The van der Waals surface area contributed by atoms with Gasteiger partial charge in [0.1, 0.15) is 6.17 Å². The second-order valence-corrected chi connectivity index (χ2v) is 3.41. The van der Waals surface area contributed by atoms with E-state index in [4.69, 9.17) is 10.2 Å². The Morgan fingerprint density at radius 2 is 2.23 bits per heavy atom. The van der Waals surface area contributed by atoms with E-state index >= 15 is 0 Å². The van der Waals surface area contributed by atoms with Crippen LogP contribution in [-0.4, -0.2) is 35.1 Å². The van der Waals surface area contributed by atoms with Gasteiger partial charge in [0.05, 0.1) is 0 Å². The van der Waals surface area contributed by atoms with Crippen molar-refractivity contribution >= 4 is 6.09 Å². The molecule has 3 atom stereocenters. The summed E-state index contributed by atoms with van der Waals surface area (Å²) in [6.45, 7) is -0.161. The molecule has 0 aliphatic heterocycles. The zero-order chi connectivity index (χ0) is 9.84. The van der Waals surface area contributed by atoms with E-state index in [0.29, 0.717) is 12.8 Å². The molecule has 0 aromatic carbocycles. The van der Waals surface area contributed by atoms with Crippen molar-refractivity contribution in [2.24, 2.45) is 5.92 Å². The minimum Gasteiger partial charge on any atom is -0.465 e. The highest BCUT2D eigenvalue weighted by Crippen LogP contribution is 2.26. The van der Waals surface area contributed by atoms with Gasteiger partial charge in [-0.3, -0.25) is 0 Å². The molecule has 13 heavy (non-hydrogen) atoms. The highest BCUT2D eigenvalue weighted by atomic mass is 19.1. The average molecular weight is 191 g/mol. The number of carbonyl (C=O) groups is 1. The first-order chi connectivity index (χ1) is 6.13. The summed E-state index contributed by atoms with van der Waals surface area (Å²) < 4.78 is 12.8. The molecule has 0 spiro atoms. The van der Waals surface area contributed by atoms with Gasteiger partial charge in [-0.25, -0.2) is 9.18 Å². The van der Waals surface area contributed by atoms with Crippen LogP contribution in [0.1, 0.15) is 19.3 Å². The number of nitrogens with one attached hydrogen (secondary N) is 1. The number of hydrogen-bond acceptors (Lipinski definition) is 2. The maximum absolute atomic E-state index is 12.8. The van der Waals surface area contributed by atoms with Crippen molar-refractivity contribution in [1.82, 2.24) is 5.32 Å². The first-order valence-electron chi connectivity index (χ1n) is 4.38. The summed E-state index contributed by atoms with van der Waals surface area (Å²) in [5.41, 5.74) is 0. The van der Waals surface area contributed by atoms with Crippen LogP contribution in [-0.2, 0) is 0 Å². The molecule has 0 aromatic heterocycles. The zero-order valence-corrected chi connectivity index (χ0v) is 7.24. The zero-order valence-electron chi connectivity index (χ0n) is 7.24. The number of rotatable bonds is 2. The molecule has 76 valence electrons. The van der Waals surface area contributed by atoms with Gasteiger partial charge in [-0.1, -0.05) is 0 Å². The van der Waals surface area contributed by atoms with Crippen molar-refractivity contribution in [2.45, 2.75) is 31.5 Å². The van der Waals surface area contributed by atoms with Crippen LogP contribution in [0, 0.1) is 5.92 Å². The van der Waals surface area contributed by atoms with E-state index in [2.05, 4.69) is 5.32 Å². The first kappa shape index (κ1) is 10.2. The molecule has 3 N–H and O–H groups in total. The van der Waals surface area contributed by atoms with Gasteiger partial charge in [0.25, 0.3) is 0 Å². The fourth-order valence-corrected chi connectivity index (χ4v) is 1.76. The largest absolute Gasteiger partial charge is 0.465 e. The van der Waals surface area contributed by atoms with Crippen LogP contribution in [0.5, 0.6) is 0 Å². The van der Waals surface area contributed by atoms with Crippen LogP contribution >= 0.6 is 0 Å². The van der Waals surface area contributed by atoms with Crippen LogP contribution in [0.2, 0.25) is 0 Å². The van der Waals surface area contributed by atoms with E-state index < -0.39 is 12.3 Å². The number of alkyl halides is 1. The Balaban J connectivity index is 2.47. The predicted octanol–water partition coefficient (Wildman–Crippen LogP) is 0.753. The molecule has 0 saturated heterocycles. The third kappa shape index (κ3) is 2.84. The Hall–Kier alpha value is -0.840. The normalized spacial score (nSPS) is 34.2. The smallest absolute Gasteiger partial charge is 0.404 e. The predicted molar refractivity (Wildman–Crippen MR) is 44.3 cm³/mol. The Bertz CT molecular complexity index is 188. The maximum Gasteiger partial charge on any atom is 0.404 e. The van der Waals surface area contributed by atoms with Gasteiger partial charge >= 0.3 is 6.09 Å². The molecule has 0 aromatic rings. The van der Waals surface area contributed by atoms with Crippen molar-refractivity contribution in [3.63, 3.8) is 0 Å². The number of amides is 1. The second kappa shape index (κ2) is 4.41. The molecule has 1 saturated carbocycles. The maximum atomic E-state index is 12.8. The molecular formula is C8H14FNO3. The molecule has 1 aliphatic carbocycles. The third-order valence-corrected chi connectivity index (χ3v) is 2.46. The topological polar surface area (TPSA) is 69.6 Å². The Morgan fingerprint density at radius 3 is 2.77 bits per heavy atom. The lowest BCUT2D eigenvalue weighted by Crippen LogP contribution is -2.44. The summed E-state index contributed by atoms with van der Waals surface area (Å²) in [6, 6.07) is -0.297. The van der Waals surface area contributed by atoms with Crippen LogP contribution in [0.4, 0.5) is 9.18 Å². The minimum absolute atomic E-state index is 0.161. The summed E-state index contributed by atoms with van der Waals surface area (Å²) in [7, 11) is 0. The summed E-state index contributed by atoms with van der Waals surface area (Å²) in [5.74, 6) is -0.278. The molecule has 1 rings (SSSR count). The molecule has 0 bridgehead atoms. The number of halogens is 1. The van der Waals surface area contributed by atoms with Crippen molar-refractivity contribution in [3.05, 3.63) is 0 Å². The summed E-state index contributed by atoms with van der Waals surface area (Å²) in [5, 5.41) is 19.6. The summed E-state index contributed by atoms with van der Waals surface area (Å²) in [4.78, 5) is 10.3. The fraction of sp³-hybridized carbons (Fsp3) is 0.875. The van der Waals surface area contributed by atoms with Gasteiger partial charge in [-0.2, -0.15) is 0 Å².